The van der Waals surface area contributed by atoms with Crippen molar-refractivity contribution in [3.05, 3.63) is 100 Å². The minimum Gasteiger partial charge on any atom is -0.744 e. The average Bonchev–Trinajstić information content (AvgIpc) is 3.47. The maximum absolute atomic E-state index is 13.2. The Hall–Kier alpha value is -1.18. The van der Waals surface area contributed by atoms with E-state index in [1.54, 1.807) is 31.2 Å². The number of carbonyl (C=O) groups is 1. The van der Waals surface area contributed by atoms with Crippen molar-refractivity contribution >= 4 is 43.6 Å². The Morgan fingerprint density at radius 1 is 0.826 bits per heavy atom. The zero-order chi connectivity index (χ0) is 32.1. The number of nitrogens with one attached hydrogen (secondary N) is 1. The second kappa shape index (κ2) is 18.0. The Bertz CT molecular complexity index is 1950. The Morgan fingerprint density at radius 2 is 1.39 bits per heavy atom. The monoisotopic (exact) mass is 720 g/mol. The number of rotatable bonds is 12. The fourth-order valence-electron chi connectivity index (χ4n) is 4.09. The summed E-state index contributed by atoms with van der Waals surface area (Å²) in [6, 6.07) is 9.65. The van der Waals surface area contributed by atoms with Crippen LogP contribution in [-0.4, -0.2) is 53.9 Å². The van der Waals surface area contributed by atoms with E-state index in [0.717, 1.165) is 34.0 Å². The van der Waals surface area contributed by atoms with Crippen molar-refractivity contribution in [3.63, 3.8) is 0 Å². The minimum absolute atomic E-state index is 0. The Balaban J connectivity index is 0.00000368. The normalized spacial score (nSPS) is 14.6. The van der Waals surface area contributed by atoms with Gasteiger partial charge in [0.2, 0.25) is 0 Å². The van der Waals surface area contributed by atoms with Crippen LogP contribution in [0.2, 0.25) is 0 Å². The SMILES string of the molecule is CCOOCc1[nH]n(-c2ccc(S(=O)(=O)[O-])cc2)c(=O)c1/C=C/C=C/C=C1/C(=O)N(c2ccc(S(=O)(=O)[O-])cc2)N=C1CC.[K+].[K+]. The number of anilines is 1. The number of carbonyl (C=O) groups excluding carboxylic acids is 1. The van der Waals surface area contributed by atoms with E-state index in [2.05, 4.69) is 10.2 Å². The molecule has 0 aliphatic carbocycles. The first-order chi connectivity index (χ1) is 20.8. The van der Waals surface area contributed by atoms with E-state index in [0.29, 0.717) is 23.4 Å². The smallest absolute Gasteiger partial charge is 0.744 e. The molecule has 0 radical (unpaired) electrons. The molecule has 0 saturated heterocycles. The molecule has 0 atom stereocenters. The van der Waals surface area contributed by atoms with Crippen LogP contribution in [-0.2, 0) is 41.4 Å². The Morgan fingerprint density at radius 3 is 1.91 bits per heavy atom. The Labute approximate surface area is 350 Å². The summed E-state index contributed by atoms with van der Waals surface area (Å²) in [5.41, 5.74) is 1.43. The molecular formula is C28H26K2N4O10S2. The molecule has 1 N–H and O–H groups in total. The number of allylic oxidation sites excluding steroid dienone is 4. The number of hydrazone groups is 1. The fraction of sp³-hybridized carbons (Fsp3) is 0.179. The fourth-order valence-corrected chi connectivity index (χ4v) is 5.03. The summed E-state index contributed by atoms with van der Waals surface area (Å²) in [7, 11) is -9.29. The first-order valence-corrected chi connectivity index (χ1v) is 15.8. The van der Waals surface area contributed by atoms with Crippen molar-refractivity contribution in [2.24, 2.45) is 5.10 Å². The maximum Gasteiger partial charge on any atom is 1.00 e. The summed E-state index contributed by atoms with van der Waals surface area (Å²) in [6.07, 6.45) is 8.21. The van der Waals surface area contributed by atoms with E-state index < -0.39 is 41.5 Å². The quantitative estimate of drug-likeness (QED) is 0.0377. The molecule has 46 heavy (non-hydrogen) atoms. The average molecular weight is 721 g/mol. The van der Waals surface area contributed by atoms with Crippen LogP contribution in [0, 0.1) is 0 Å². The largest absolute Gasteiger partial charge is 1.00 e. The van der Waals surface area contributed by atoms with Gasteiger partial charge in [0.15, 0.2) is 0 Å². The molecule has 1 aliphatic heterocycles. The second-order valence-corrected chi connectivity index (χ2v) is 11.8. The van der Waals surface area contributed by atoms with Crippen molar-refractivity contribution in [1.29, 1.82) is 0 Å². The van der Waals surface area contributed by atoms with E-state index in [4.69, 9.17) is 9.78 Å². The minimum atomic E-state index is -4.66. The summed E-state index contributed by atoms with van der Waals surface area (Å²) < 4.78 is 68.5. The molecule has 0 saturated carbocycles. The first-order valence-electron chi connectivity index (χ1n) is 13.0. The van der Waals surface area contributed by atoms with E-state index in [1.807, 2.05) is 6.92 Å². The topological polar surface area (TPSA) is 203 Å². The summed E-state index contributed by atoms with van der Waals surface area (Å²) >= 11 is 0. The van der Waals surface area contributed by atoms with Crippen molar-refractivity contribution in [3.8, 4) is 5.69 Å². The van der Waals surface area contributed by atoms with Crippen LogP contribution < -0.4 is 113 Å². The second-order valence-electron chi connectivity index (χ2n) is 9.05. The molecule has 1 aliphatic rings. The van der Waals surface area contributed by atoms with Crippen LogP contribution in [0.1, 0.15) is 31.5 Å². The number of benzene rings is 2. The molecule has 0 fully saturated rings. The van der Waals surface area contributed by atoms with Crippen molar-refractivity contribution in [2.75, 3.05) is 11.6 Å². The molecule has 232 valence electrons. The van der Waals surface area contributed by atoms with Gasteiger partial charge in [-0.15, -0.1) is 0 Å². The molecule has 2 aromatic carbocycles. The number of nitrogens with zero attached hydrogens (tertiary/aromatic N) is 3. The molecule has 18 heteroatoms. The number of H-pyrrole nitrogens is 1. The van der Waals surface area contributed by atoms with Gasteiger partial charge in [-0.3, -0.25) is 14.7 Å². The van der Waals surface area contributed by atoms with Crippen molar-refractivity contribution < 1.29 is 143 Å². The van der Waals surface area contributed by atoms with Crippen molar-refractivity contribution in [1.82, 2.24) is 9.78 Å². The van der Waals surface area contributed by atoms with Gasteiger partial charge in [-0.05, 0) is 74.0 Å². The summed E-state index contributed by atoms with van der Waals surface area (Å²) in [6.45, 7) is 3.69. The zero-order valence-corrected chi connectivity index (χ0v) is 33.2. The Kier molecular flexibility index (Phi) is 16.0. The van der Waals surface area contributed by atoms with E-state index in [-0.39, 0.29) is 133 Å². The van der Waals surface area contributed by atoms with Crippen LogP contribution in [0.25, 0.3) is 11.8 Å². The van der Waals surface area contributed by atoms with Gasteiger partial charge in [0.1, 0.15) is 26.8 Å². The molecule has 2 heterocycles. The van der Waals surface area contributed by atoms with E-state index in [9.17, 15) is 35.5 Å². The molecular weight excluding hydrogens is 695 g/mol. The molecule has 0 spiro atoms. The maximum atomic E-state index is 13.2. The molecule has 14 nitrogen and oxygen atoms in total. The van der Waals surface area contributed by atoms with Gasteiger partial charge in [-0.25, -0.2) is 31.3 Å². The number of hydrogen-bond acceptors (Lipinski definition) is 11. The molecule has 1 aromatic heterocycles. The van der Waals surface area contributed by atoms with Crippen LogP contribution >= 0.6 is 0 Å². The number of aromatic nitrogens is 2. The van der Waals surface area contributed by atoms with Crippen LogP contribution in [0.3, 0.4) is 0 Å². The van der Waals surface area contributed by atoms with Gasteiger partial charge in [-0.2, -0.15) is 10.1 Å². The molecule has 4 rings (SSSR count). The van der Waals surface area contributed by atoms with Crippen LogP contribution in [0.4, 0.5) is 5.69 Å². The molecule has 0 bridgehead atoms. The summed E-state index contributed by atoms with van der Waals surface area (Å²) in [4.78, 5) is 35.4. The number of amides is 1. The van der Waals surface area contributed by atoms with Gasteiger partial charge in [-0.1, -0.05) is 25.2 Å². The first kappa shape index (κ1) is 41.0. The van der Waals surface area contributed by atoms with Gasteiger partial charge < -0.3 is 9.11 Å². The third-order valence-corrected chi connectivity index (χ3v) is 7.90. The summed E-state index contributed by atoms with van der Waals surface area (Å²) in [5, 5.41) is 8.32. The van der Waals surface area contributed by atoms with Gasteiger partial charge in [0.05, 0.1) is 50.3 Å². The van der Waals surface area contributed by atoms with E-state index in [1.165, 1.54) is 30.3 Å². The summed E-state index contributed by atoms with van der Waals surface area (Å²) in [5.74, 6) is -0.451. The molecule has 0 unspecified atom stereocenters. The van der Waals surface area contributed by atoms with Crippen LogP contribution in [0.15, 0.2) is 98.1 Å². The van der Waals surface area contributed by atoms with Gasteiger partial charge >= 0.3 is 103 Å². The third kappa shape index (κ3) is 10.2. The van der Waals surface area contributed by atoms with Crippen molar-refractivity contribution in [2.45, 2.75) is 36.7 Å². The van der Waals surface area contributed by atoms with Gasteiger partial charge in [0, 0.05) is 0 Å². The predicted molar refractivity (Wildman–Crippen MR) is 157 cm³/mol. The van der Waals surface area contributed by atoms with E-state index >= 15 is 0 Å². The number of aromatic amines is 1. The standard InChI is InChI=1S/C28H28N4O10S2.2K/c1-3-25-23(27(33)31(29-25)19-10-14-21(15-11-19)43(35,36)37)8-6-5-7-9-24-26(18-42-41-4-2)30-32(28(24)34)20-12-16-22(17-13-20)44(38,39)40;;/h5-17,30H,3-4,18H2,1-2H3,(H,35,36,37)(H,38,39,40);;/q;2*+1/p-2/b6-5+,9-7+,23-8+;;. The third-order valence-electron chi connectivity index (χ3n) is 6.20. The predicted octanol–water partition coefficient (Wildman–Crippen LogP) is -3.24. The molecule has 1 amide bonds. The van der Waals surface area contributed by atoms with Crippen LogP contribution in [0.5, 0.6) is 0 Å². The molecule has 3 aromatic rings. The van der Waals surface area contributed by atoms with Gasteiger partial charge in [0.25, 0.3) is 11.5 Å². The zero-order valence-electron chi connectivity index (χ0n) is 25.4. The number of hydrogen-bond donors (Lipinski definition) is 1.